The van der Waals surface area contributed by atoms with E-state index in [4.69, 9.17) is 25.5 Å². The molecule has 7 nitrogen and oxygen atoms in total. The summed E-state index contributed by atoms with van der Waals surface area (Å²) in [6.07, 6.45) is 4.28. The van der Waals surface area contributed by atoms with Crippen LogP contribution in [-0.4, -0.2) is 41.5 Å². The van der Waals surface area contributed by atoms with Gasteiger partial charge in [-0.3, -0.25) is 9.89 Å². The van der Waals surface area contributed by atoms with Crippen molar-refractivity contribution in [2.75, 3.05) is 13.2 Å². The number of halogens is 1. The Hall–Kier alpha value is -1.99. The molecule has 1 aliphatic rings. The molecule has 3 rings (SSSR count). The summed E-state index contributed by atoms with van der Waals surface area (Å²) >= 11 is 5.77. The number of carbonyl (C=O) groups excluding carboxylic acids is 1. The predicted molar refractivity (Wildman–Crippen MR) is 68.8 cm³/mol. The van der Waals surface area contributed by atoms with E-state index in [1.54, 1.807) is 12.4 Å². The largest absolute Gasteiger partial charge is 0.482 e. The molecule has 0 aromatic carbocycles. The van der Waals surface area contributed by atoms with Crippen molar-refractivity contribution in [1.82, 2.24) is 15.5 Å². The van der Waals surface area contributed by atoms with E-state index in [1.807, 2.05) is 0 Å². The lowest BCUT2D eigenvalue weighted by Gasteiger charge is -2.19. The molecule has 1 fully saturated rings. The molecule has 106 valence electrons. The standard InChI is InChI=1S/C12H12ClN3O4/c13-11-8(1-2-19-11)12(17)16-9-5-18-6-10(9)20-7-3-14-15-4-7/h1-4,9-10H,5-6H2,(H,14,15)(H,16,17)/t9-,10+/m0/s1. The molecule has 0 saturated carbocycles. The summed E-state index contributed by atoms with van der Waals surface area (Å²) < 4.78 is 15.9. The fraction of sp³-hybridized carbons (Fsp3) is 0.333. The molecule has 2 aromatic rings. The minimum atomic E-state index is -0.319. The van der Waals surface area contributed by atoms with E-state index in [9.17, 15) is 4.79 Å². The highest BCUT2D eigenvalue weighted by Gasteiger charge is 2.32. The molecule has 0 aliphatic carbocycles. The van der Waals surface area contributed by atoms with Crippen LogP contribution >= 0.6 is 11.6 Å². The second-order valence-corrected chi connectivity index (χ2v) is 4.66. The van der Waals surface area contributed by atoms with Crippen LogP contribution in [-0.2, 0) is 4.74 Å². The van der Waals surface area contributed by atoms with Crippen LogP contribution in [0.5, 0.6) is 5.75 Å². The maximum absolute atomic E-state index is 12.0. The van der Waals surface area contributed by atoms with Gasteiger partial charge in [-0.1, -0.05) is 0 Å². The van der Waals surface area contributed by atoms with Crippen LogP contribution < -0.4 is 10.1 Å². The Balaban J connectivity index is 1.64. The summed E-state index contributed by atoms with van der Waals surface area (Å²) in [6, 6.07) is 1.25. The van der Waals surface area contributed by atoms with E-state index in [1.165, 1.54) is 12.3 Å². The molecule has 3 heterocycles. The Morgan fingerprint density at radius 1 is 1.55 bits per heavy atom. The average Bonchev–Trinajstić information content (AvgIpc) is 3.13. The maximum atomic E-state index is 12.0. The number of amides is 1. The SMILES string of the molecule is O=C(N[C@H]1COC[C@H]1Oc1cn[nH]c1)c1ccoc1Cl. The molecule has 0 bridgehead atoms. The van der Waals surface area contributed by atoms with E-state index in [0.717, 1.165) is 0 Å². The van der Waals surface area contributed by atoms with Gasteiger partial charge in [0.25, 0.3) is 5.91 Å². The topological polar surface area (TPSA) is 89.4 Å². The molecular weight excluding hydrogens is 286 g/mol. The van der Waals surface area contributed by atoms with Crippen molar-refractivity contribution in [3.63, 3.8) is 0 Å². The highest BCUT2D eigenvalue weighted by molar-refractivity contribution is 6.32. The molecule has 2 atom stereocenters. The van der Waals surface area contributed by atoms with Crippen LogP contribution in [0.15, 0.2) is 29.1 Å². The van der Waals surface area contributed by atoms with Crippen molar-refractivity contribution < 1.29 is 18.7 Å². The minimum absolute atomic E-state index is 0.0636. The smallest absolute Gasteiger partial charge is 0.256 e. The van der Waals surface area contributed by atoms with Gasteiger partial charge >= 0.3 is 0 Å². The number of H-pyrrole nitrogens is 1. The van der Waals surface area contributed by atoms with Gasteiger partial charge in [0.15, 0.2) is 5.75 Å². The summed E-state index contributed by atoms with van der Waals surface area (Å²) in [5.41, 5.74) is 0.292. The molecule has 0 radical (unpaired) electrons. The lowest BCUT2D eigenvalue weighted by molar-refractivity contribution is 0.0903. The Bertz CT molecular complexity index is 583. The van der Waals surface area contributed by atoms with Gasteiger partial charge in [0.2, 0.25) is 5.22 Å². The molecule has 1 aliphatic heterocycles. The van der Waals surface area contributed by atoms with E-state index in [0.29, 0.717) is 24.5 Å². The molecule has 8 heteroatoms. The second kappa shape index (κ2) is 5.56. The van der Waals surface area contributed by atoms with E-state index < -0.39 is 0 Å². The third-order valence-electron chi connectivity index (χ3n) is 2.97. The summed E-state index contributed by atoms with van der Waals surface area (Å²) in [5.74, 6) is 0.279. The number of hydrogen-bond donors (Lipinski definition) is 2. The first-order chi connectivity index (χ1) is 9.74. The van der Waals surface area contributed by atoms with Gasteiger partial charge in [-0.15, -0.1) is 0 Å². The fourth-order valence-electron chi connectivity index (χ4n) is 1.97. The van der Waals surface area contributed by atoms with Gasteiger partial charge in [0.05, 0.1) is 43.5 Å². The first-order valence-corrected chi connectivity index (χ1v) is 6.39. The van der Waals surface area contributed by atoms with Gasteiger partial charge in [0.1, 0.15) is 6.10 Å². The third kappa shape index (κ3) is 2.63. The van der Waals surface area contributed by atoms with Crippen molar-refractivity contribution in [1.29, 1.82) is 0 Å². The van der Waals surface area contributed by atoms with Gasteiger partial charge in [-0.2, -0.15) is 5.10 Å². The normalized spacial score (nSPS) is 21.9. The minimum Gasteiger partial charge on any atom is -0.482 e. The number of nitrogens with zero attached hydrogens (tertiary/aromatic N) is 1. The van der Waals surface area contributed by atoms with Crippen LogP contribution in [0.3, 0.4) is 0 Å². The van der Waals surface area contributed by atoms with Crippen LogP contribution in [0.1, 0.15) is 10.4 Å². The van der Waals surface area contributed by atoms with Gasteiger partial charge in [-0.25, -0.2) is 0 Å². The zero-order chi connectivity index (χ0) is 13.9. The first-order valence-electron chi connectivity index (χ1n) is 6.01. The molecule has 2 N–H and O–H groups in total. The number of hydrogen-bond acceptors (Lipinski definition) is 5. The number of ether oxygens (including phenoxy) is 2. The van der Waals surface area contributed by atoms with Crippen molar-refractivity contribution in [2.45, 2.75) is 12.1 Å². The molecule has 0 spiro atoms. The summed E-state index contributed by atoms with van der Waals surface area (Å²) in [5, 5.41) is 9.33. The van der Waals surface area contributed by atoms with Gasteiger partial charge < -0.3 is 19.2 Å². The van der Waals surface area contributed by atoms with Gasteiger partial charge in [-0.05, 0) is 17.7 Å². The molecule has 20 heavy (non-hydrogen) atoms. The third-order valence-corrected chi connectivity index (χ3v) is 3.26. The van der Waals surface area contributed by atoms with Crippen molar-refractivity contribution in [3.05, 3.63) is 35.5 Å². The highest BCUT2D eigenvalue weighted by atomic mass is 35.5. The van der Waals surface area contributed by atoms with Gasteiger partial charge in [0, 0.05) is 0 Å². The summed E-state index contributed by atoms with van der Waals surface area (Å²) in [7, 11) is 0. The molecular formula is C12H12ClN3O4. The molecule has 2 aromatic heterocycles. The van der Waals surface area contributed by atoms with E-state index >= 15 is 0 Å². The van der Waals surface area contributed by atoms with Crippen LogP contribution in [0.4, 0.5) is 0 Å². The van der Waals surface area contributed by atoms with Crippen molar-refractivity contribution >= 4 is 17.5 Å². The molecule has 1 saturated heterocycles. The first kappa shape index (κ1) is 13.0. The highest BCUT2D eigenvalue weighted by Crippen LogP contribution is 2.19. The Morgan fingerprint density at radius 3 is 3.15 bits per heavy atom. The fourth-order valence-corrected chi connectivity index (χ4v) is 2.17. The lowest BCUT2D eigenvalue weighted by Crippen LogP contribution is -2.45. The average molecular weight is 298 g/mol. The van der Waals surface area contributed by atoms with Crippen LogP contribution in [0.2, 0.25) is 5.22 Å². The Morgan fingerprint density at radius 2 is 2.45 bits per heavy atom. The monoisotopic (exact) mass is 297 g/mol. The number of nitrogens with one attached hydrogen (secondary N) is 2. The van der Waals surface area contributed by atoms with Crippen LogP contribution in [0, 0.1) is 0 Å². The predicted octanol–water partition coefficient (Wildman–Crippen LogP) is 1.23. The lowest BCUT2D eigenvalue weighted by atomic mass is 10.2. The van der Waals surface area contributed by atoms with Crippen LogP contribution in [0.25, 0.3) is 0 Å². The Kier molecular flexibility index (Phi) is 3.62. The quantitative estimate of drug-likeness (QED) is 0.886. The summed E-state index contributed by atoms with van der Waals surface area (Å²) in [6.45, 7) is 0.777. The van der Waals surface area contributed by atoms with Crippen molar-refractivity contribution in [2.24, 2.45) is 0 Å². The number of carbonyl (C=O) groups is 1. The number of aromatic amines is 1. The zero-order valence-corrected chi connectivity index (χ0v) is 11.1. The Labute approximate surface area is 119 Å². The molecule has 1 amide bonds. The van der Waals surface area contributed by atoms with E-state index in [-0.39, 0.29) is 23.3 Å². The van der Waals surface area contributed by atoms with E-state index in [2.05, 4.69) is 15.5 Å². The zero-order valence-electron chi connectivity index (χ0n) is 10.3. The van der Waals surface area contributed by atoms with Crippen molar-refractivity contribution in [3.8, 4) is 5.75 Å². The summed E-state index contributed by atoms with van der Waals surface area (Å²) in [4.78, 5) is 12.0. The second-order valence-electron chi connectivity index (χ2n) is 4.32. The number of furan rings is 1. The number of rotatable bonds is 4. The molecule has 0 unspecified atom stereocenters. The maximum Gasteiger partial charge on any atom is 0.256 e. The number of aromatic nitrogens is 2.